The molecule has 5 nitrogen and oxygen atoms in total. The number of imidazole rings is 1. The number of alkyl halides is 3. The van der Waals surface area contributed by atoms with Crippen LogP contribution in [-0.2, 0) is 12.6 Å². The van der Waals surface area contributed by atoms with Gasteiger partial charge in [0, 0.05) is 11.9 Å². The third-order valence-corrected chi connectivity index (χ3v) is 3.69. The van der Waals surface area contributed by atoms with Gasteiger partial charge in [0.1, 0.15) is 17.1 Å². The van der Waals surface area contributed by atoms with E-state index in [1.54, 1.807) is 6.92 Å². The Morgan fingerprint density at radius 1 is 1.20 bits per heavy atom. The van der Waals surface area contributed by atoms with E-state index in [1.165, 1.54) is 30.3 Å². The minimum Gasteiger partial charge on any atom is -0.508 e. The number of hydrogen-bond acceptors (Lipinski definition) is 3. The first-order chi connectivity index (χ1) is 11.8. The van der Waals surface area contributed by atoms with Crippen LogP contribution in [0.1, 0.15) is 28.7 Å². The number of hydrogen-bond donors (Lipinski definition) is 2. The highest BCUT2D eigenvalue weighted by atomic mass is 19.4. The molecule has 0 fully saturated rings. The minimum absolute atomic E-state index is 0.0388. The lowest BCUT2D eigenvalue weighted by atomic mass is 10.2. The molecule has 2 aromatic heterocycles. The van der Waals surface area contributed by atoms with Crippen molar-refractivity contribution in [3.05, 3.63) is 59.5 Å². The molecule has 0 aliphatic rings. The third-order valence-electron chi connectivity index (χ3n) is 3.69. The summed E-state index contributed by atoms with van der Waals surface area (Å²) in [4.78, 5) is 16.8. The number of anilines is 1. The number of pyridine rings is 1. The summed E-state index contributed by atoms with van der Waals surface area (Å²) in [6.45, 7) is 1.77. The zero-order valence-corrected chi connectivity index (χ0v) is 13.1. The van der Waals surface area contributed by atoms with Crippen molar-refractivity contribution >= 4 is 17.2 Å². The molecule has 0 unspecified atom stereocenters. The summed E-state index contributed by atoms with van der Waals surface area (Å²) in [6.07, 6.45) is -3.26. The van der Waals surface area contributed by atoms with Crippen molar-refractivity contribution in [1.82, 2.24) is 9.38 Å². The number of nitrogens with one attached hydrogen (secondary N) is 1. The summed E-state index contributed by atoms with van der Waals surface area (Å²) in [6, 6.07) is 7.94. The Morgan fingerprint density at radius 2 is 1.88 bits per heavy atom. The van der Waals surface area contributed by atoms with Crippen LogP contribution < -0.4 is 5.32 Å². The van der Waals surface area contributed by atoms with Crippen molar-refractivity contribution < 1.29 is 23.1 Å². The van der Waals surface area contributed by atoms with Gasteiger partial charge in [-0.3, -0.25) is 9.20 Å². The van der Waals surface area contributed by atoms with Crippen molar-refractivity contribution in [2.75, 3.05) is 5.32 Å². The number of nitrogens with zero attached hydrogens (tertiary/aromatic N) is 2. The average Bonchev–Trinajstić information content (AvgIpc) is 2.94. The maximum absolute atomic E-state index is 13.0. The van der Waals surface area contributed by atoms with Gasteiger partial charge < -0.3 is 10.4 Å². The van der Waals surface area contributed by atoms with Crippen LogP contribution in [0.15, 0.2) is 42.6 Å². The van der Waals surface area contributed by atoms with Gasteiger partial charge in [0.05, 0.1) is 11.3 Å². The topological polar surface area (TPSA) is 66.6 Å². The molecular weight excluding hydrogens is 335 g/mol. The van der Waals surface area contributed by atoms with Crippen molar-refractivity contribution in [3.63, 3.8) is 0 Å². The third kappa shape index (κ3) is 3.28. The molecule has 2 heterocycles. The molecule has 3 aromatic rings. The van der Waals surface area contributed by atoms with E-state index in [1.807, 2.05) is 0 Å². The monoisotopic (exact) mass is 349 g/mol. The van der Waals surface area contributed by atoms with Crippen LogP contribution in [0.2, 0.25) is 0 Å². The van der Waals surface area contributed by atoms with Gasteiger partial charge in [-0.2, -0.15) is 13.2 Å². The highest BCUT2D eigenvalue weighted by Crippen LogP contribution is 2.30. The molecular formula is C17H14F3N3O2. The SMILES string of the molecule is CCc1nc2ccc(C(F)(F)F)cn2c1C(=O)Nc1ccc(O)cc1. The normalized spacial score (nSPS) is 11.7. The lowest BCUT2D eigenvalue weighted by Crippen LogP contribution is -2.17. The summed E-state index contributed by atoms with van der Waals surface area (Å²) in [5.41, 5.74) is 0.262. The van der Waals surface area contributed by atoms with Crippen LogP contribution in [0.3, 0.4) is 0 Å². The standard InChI is InChI=1S/C17H14F3N3O2/c1-2-13-15(16(25)21-11-4-6-12(24)7-5-11)23-9-10(17(18,19)20)3-8-14(23)22-13/h3-9,24H,2H2,1H3,(H,21,25). The summed E-state index contributed by atoms with van der Waals surface area (Å²) in [5, 5.41) is 11.9. The first kappa shape index (κ1) is 16.8. The van der Waals surface area contributed by atoms with Gasteiger partial charge in [-0.15, -0.1) is 0 Å². The number of amides is 1. The number of carbonyl (C=O) groups is 1. The summed E-state index contributed by atoms with van der Waals surface area (Å²) < 4.78 is 40.0. The molecule has 0 aliphatic carbocycles. The summed E-state index contributed by atoms with van der Waals surface area (Å²) in [5.74, 6) is -0.536. The van der Waals surface area contributed by atoms with E-state index in [9.17, 15) is 23.1 Å². The predicted molar refractivity (Wildman–Crippen MR) is 85.6 cm³/mol. The maximum Gasteiger partial charge on any atom is 0.417 e. The molecule has 0 saturated heterocycles. The van der Waals surface area contributed by atoms with Crippen LogP contribution in [-0.4, -0.2) is 20.4 Å². The Balaban J connectivity index is 2.06. The van der Waals surface area contributed by atoms with Crippen molar-refractivity contribution in [2.45, 2.75) is 19.5 Å². The Morgan fingerprint density at radius 3 is 2.48 bits per heavy atom. The second-order valence-electron chi connectivity index (χ2n) is 5.41. The molecule has 8 heteroatoms. The fourth-order valence-electron chi connectivity index (χ4n) is 2.48. The lowest BCUT2D eigenvalue weighted by Gasteiger charge is -2.09. The highest BCUT2D eigenvalue weighted by molar-refractivity contribution is 6.04. The first-order valence-corrected chi connectivity index (χ1v) is 7.48. The molecule has 0 atom stereocenters. The van der Waals surface area contributed by atoms with Crippen LogP contribution in [0.4, 0.5) is 18.9 Å². The van der Waals surface area contributed by atoms with E-state index in [2.05, 4.69) is 10.3 Å². The second-order valence-corrected chi connectivity index (χ2v) is 5.41. The number of aromatic hydroxyl groups is 1. The number of aryl methyl sites for hydroxylation is 1. The largest absolute Gasteiger partial charge is 0.508 e. The van der Waals surface area contributed by atoms with E-state index in [0.717, 1.165) is 16.7 Å². The Kier molecular flexibility index (Phi) is 4.12. The molecule has 130 valence electrons. The van der Waals surface area contributed by atoms with E-state index in [-0.39, 0.29) is 17.1 Å². The quantitative estimate of drug-likeness (QED) is 0.706. The zero-order valence-electron chi connectivity index (χ0n) is 13.1. The van der Waals surface area contributed by atoms with Gasteiger partial charge in [-0.05, 0) is 42.8 Å². The van der Waals surface area contributed by atoms with Crippen molar-refractivity contribution in [2.24, 2.45) is 0 Å². The number of phenols is 1. The molecule has 0 bridgehead atoms. The van der Waals surface area contributed by atoms with Crippen LogP contribution in [0, 0.1) is 0 Å². The van der Waals surface area contributed by atoms with E-state index in [0.29, 0.717) is 17.8 Å². The van der Waals surface area contributed by atoms with Gasteiger partial charge in [0.15, 0.2) is 0 Å². The summed E-state index contributed by atoms with van der Waals surface area (Å²) in [7, 11) is 0. The highest BCUT2D eigenvalue weighted by Gasteiger charge is 2.31. The fourth-order valence-corrected chi connectivity index (χ4v) is 2.48. The molecule has 2 N–H and O–H groups in total. The van der Waals surface area contributed by atoms with Gasteiger partial charge in [-0.25, -0.2) is 4.98 Å². The van der Waals surface area contributed by atoms with Crippen LogP contribution >= 0.6 is 0 Å². The Hall–Kier alpha value is -3.03. The number of halogens is 3. The molecule has 0 radical (unpaired) electrons. The number of benzene rings is 1. The smallest absolute Gasteiger partial charge is 0.417 e. The average molecular weight is 349 g/mol. The molecule has 1 aromatic carbocycles. The second kappa shape index (κ2) is 6.12. The number of aromatic nitrogens is 2. The van der Waals surface area contributed by atoms with Crippen LogP contribution in [0.25, 0.3) is 5.65 Å². The molecule has 1 amide bonds. The minimum atomic E-state index is -4.52. The van der Waals surface area contributed by atoms with E-state index < -0.39 is 17.6 Å². The number of phenolic OH excluding ortho intramolecular Hbond substituents is 1. The Labute approximate surface area is 140 Å². The first-order valence-electron chi connectivity index (χ1n) is 7.48. The molecule has 0 aliphatic heterocycles. The van der Waals surface area contributed by atoms with Crippen LogP contribution in [0.5, 0.6) is 5.75 Å². The van der Waals surface area contributed by atoms with E-state index >= 15 is 0 Å². The zero-order chi connectivity index (χ0) is 18.2. The summed E-state index contributed by atoms with van der Waals surface area (Å²) >= 11 is 0. The van der Waals surface area contributed by atoms with Gasteiger partial charge in [0.25, 0.3) is 5.91 Å². The maximum atomic E-state index is 13.0. The number of rotatable bonds is 3. The van der Waals surface area contributed by atoms with Crippen molar-refractivity contribution in [1.29, 1.82) is 0 Å². The fraction of sp³-hybridized carbons (Fsp3) is 0.176. The lowest BCUT2D eigenvalue weighted by molar-refractivity contribution is -0.137. The van der Waals surface area contributed by atoms with Crippen molar-refractivity contribution in [3.8, 4) is 5.75 Å². The number of carbonyl (C=O) groups excluding carboxylic acids is 1. The molecule has 0 spiro atoms. The number of fused-ring (bicyclic) bond motifs is 1. The predicted octanol–water partition coefficient (Wildman–Crippen LogP) is 3.87. The van der Waals surface area contributed by atoms with E-state index in [4.69, 9.17) is 0 Å². The molecule has 3 rings (SSSR count). The molecule has 25 heavy (non-hydrogen) atoms. The van der Waals surface area contributed by atoms with Gasteiger partial charge in [0.2, 0.25) is 0 Å². The van der Waals surface area contributed by atoms with Gasteiger partial charge in [-0.1, -0.05) is 6.92 Å². The molecule has 0 saturated carbocycles. The van der Waals surface area contributed by atoms with Gasteiger partial charge >= 0.3 is 6.18 Å². The Bertz CT molecular complexity index is 931.